The Morgan fingerprint density at radius 2 is 1.69 bits per heavy atom. The molecule has 4 nitrogen and oxygen atoms in total. The molecule has 0 saturated heterocycles. The molecule has 3 aromatic rings. The standard InChI is InChI=1S/C27H26N2O2S/c1-19-11-13-21(14-12-19)15-16-28-26(30)17-25-27(31)29(18-22-8-4-3-7-20(22)2)23-9-5-6-10-24(23)32-25/h3-14,17H,15-16,18H2,1-2H3,(H,28,30). The van der Waals surface area contributed by atoms with Crippen LogP contribution in [-0.4, -0.2) is 18.4 Å². The van der Waals surface area contributed by atoms with E-state index in [1.54, 1.807) is 4.90 Å². The Morgan fingerprint density at radius 3 is 2.47 bits per heavy atom. The third-order valence-corrected chi connectivity index (χ3v) is 6.59. The van der Waals surface area contributed by atoms with Crippen LogP contribution in [-0.2, 0) is 22.6 Å². The van der Waals surface area contributed by atoms with Gasteiger partial charge in [0, 0.05) is 17.5 Å². The summed E-state index contributed by atoms with van der Waals surface area (Å²) in [6.07, 6.45) is 2.18. The van der Waals surface area contributed by atoms with Gasteiger partial charge >= 0.3 is 0 Å². The Morgan fingerprint density at radius 1 is 0.969 bits per heavy atom. The van der Waals surface area contributed by atoms with Gasteiger partial charge in [0.05, 0.1) is 17.1 Å². The van der Waals surface area contributed by atoms with Gasteiger partial charge in [0.2, 0.25) is 5.91 Å². The normalized spacial score (nSPS) is 14.4. The molecule has 162 valence electrons. The minimum atomic E-state index is -0.247. The van der Waals surface area contributed by atoms with Crippen molar-refractivity contribution in [2.24, 2.45) is 0 Å². The van der Waals surface area contributed by atoms with Crippen molar-refractivity contribution in [3.63, 3.8) is 0 Å². The predicted octanol–water partition coefficient (Wildman–Crippen LogP) is 5.19. The number of aryl methyl sites for hydroxylation is 2. The van der Waals surface area contributed by atoms with E-state index in [-0.39, 0.29) is 11.8 Å². The average molecular weight is 443 g/mol. The zero-order valence-electron chi connectivity index (χ0n) is 18.3. The number of thioether (sulfide) groups is 1. The first-order valence-corrected chi connectivity index (χ1v) is 11.5. The van der Waals surface area contributed by atoms with Crippen molar-refractivity contribution >= 4 is 29.3 Å². The van der Waals surface area contributed by atoms with Crippen LogP contribution in [0.5, 0.6) is 0 Å². The van der Waals surface area contributed by atoms with Gasteiger partial charge in [0.25, 0.3) is 5.91 Å². The molecule has 0 bridgehead atoms. The van der Waals surface area contributed by atoms with Crippen molar-refractivity contribution in [1.29, 1.82) is 0 Å². The van der Waals surface area contributed by atoms with Crippen molar-refractivity contribution in [3.05, 3.63) is 106 Å². The van der Waals surface area contributed by atoms with Crippen LogP contribution >= 0.6 is 11.8 Å². The summed E-state index contributed by atoms with van der Waals surface area (Å²) < 4.78 is 0. The van der Waals surface area contributed by atoms with Gasteiger partial charge in [-0.15, -0.1) is 0 Å². The van der Waals surface area contributed by atoms with E-state index >= 15 is 0 Å². The molecule has 3 aromatic carbocycles. The largest absolute Gasteiger partial charge is 0.352 e. The fourth-order valence-corrected chi connectivity index (χ4v) is 4.66. The van der Waals surface area contributed by atoms with Gasteiger partial charge in [-0.3, -0.25) is 9.59 Å². The first-order chi connectivity index (χ1) is 15.5. The van der Waals surface area contributed by atoms with Gasteiger partial charge in [-0.2, -0.15) is 0 Å². The first-order valence-electron chi connectivity index (χ1n) is 10.7. The quantitative estimate of drug-likeness (QED) is 0.535. The molecular weight excluding hydrogens is 416 g/mol. The average Bonchev–Trinajstić information content (AvgIpc) is 2.79. The van der Waals surface area contributed by atoms with E-state index in [4.69, 9.17) is 0 Å². The molecule has 32 heavy (non-hydrogen) atoms. The van der Waals surface area contributed by atoms with Gasteiger partial charge < -0.3 is 10.2 Å². The zero-order valence-corrected chi connectivity index (χ0v) is 19.1. The van der Waals surface area contributed by atoms with Crippen LogP contribution in [0, 0.1) is 13.8 Å². The maximum Gasteiger partial charge on any atom is 0.265 e. The predicted molar refractivity (Wildman–Crippen MR) is 131 cm³/mol. The number of carbonyl (C=O) groups excluding carboxylic acids is 2. The summed E-state index contributed by atoms with van der Waals surface area (Å²) in [6, 6.07) is 24.2. The van der Waals surface area contributed by atoms with E-state index in [2.05, 4.69) is 36.5 Å². The fourth-order valence-electron chi connectivity index (χ4n) is 3.63. The number of benzene rings is 3. The van der Waals surface area contributed by atoms with Crippen LogP contribution < -0.4 is 10.2 Å². The Balaban J connectivity index is 1.49. The second kappa shape index (κ2) is 9.88. The lowest BCUT2D eigenvalue weighted by Gasteiger charge is -2.30. The molecule has 0 aromatic heterocycles. The van der Waals surface area contributed by atoms with Gasteiger partial charge in [-0.1, -0.05) is 78.0 Å². The summed E-state index contributed by atoms with van der Waals surface area (Å²) in [5.41, 5.74) is 5.48. The van der Waals surface area contributed by atoms with Crippen LogP contribution in [0.1, 0.15) is 22.3 Å². The summed E-state index contributed by atoms with van der Waals surface area (Å²) in [4.78, 5) is 29.1. The minimum Gasteiger partial charge on any atom is -0.352 e. The number of anilines is 1. The molecule has 2 amide bonds. The van der Waals surface area contributed by atoms with Crippen molar-refractivity contribution in [2.45, 2.75) is 31.7 Å². The highest BCUT2D eigenvalue weighted by Gasteiger charge is 2.29. The van der Waals surface area contributed by atoms with Gasteiger partial charge in [-0.25, -0.2) is 0 Å². The summed E-state index contributed by atoms with van der Waals surface area (Å²) >= 11 is 1.35. The molecule has 4 rings (SSSR count). The topological polar surface area (TPSA) is 49.4 Å². The van der Waals surface area contributed by atoms with E-state index in [1.807, 2.05) is 55.5 Å². The molecule has 0 saturated carbocycles. The molecule has 5 heteroatoms. The molecular formula is C27H26N2O2S. The number of hydrogen-bond donors (Lipinski definition) is 1. The Hall–Kier alpha value is -3.31. The Kier molecular flexibility index (Phi) is 6.76. The van der Waals surface area contributed by atoms with Crippen molar-refractivity contribution < 1.29 is 9.59 Å². The van der Waals surface area contributed by atoms with Crippen LogP contribution in [0.3, 0.4) is 0 Å². The summed E-state index contributed by atoms with van der Waals surface area (Å²) in [5.74, 6) is -0.395. The zero-order chi connectivity index (χ0) is 22.5. The third-order valence-electron chi connectivity index (χ3n) is 5.52. The van der Waals surface area contributed by atoms with E-state index in [1.165, 1.54) is 29.0 Å². The fraction of sp³-hybridized carbons (Fsp3) is 0.185. The second-order valence-corrected chi connectivity index (χ2v) is 9.01. The smallest absolute Gasteiger partial charge is 0.265 e. The minimum absolute atomic E-state index is 0.148. The third kappa shape index (κ3) is 5.11. The molecule has 1 N–H and O–H groups in total. The lowest BCUT2D eigenvalue weighted by Crippen LogP contribution is -2.35. The molecule has 0 radical (unpaired) electrons. The summed E-state index contributed by atoms with van der Waals surface area (Å²) in [5, 5.41) is 2.91. The number of nitrogens with zero attached hydrogens (tertiary/aromatic N) is 1. The SMILES string of the molecule is Cc1ccc(CCNC(=O)C=C2Sc3ccccc3N(Cc3ccccc3C)C2=O)cc1. The first kappa shape index (κ1) is 21.9. The maximum absolute atomic E-state index is 13.3. The van der Waals surface area contributed by atoms with Crippen LogP contribution in [0.2, 0.25) is 0 Å². The molecule has 0 atom stereocenters. The van der Waals surface area contributed by atoms with E-state index in [0.717, 1.165) is 28.1 Å². The van der Waals surface area contributed by atoms with Gasteiger partial charge in [0.1, 0.15) is 0 Å². The number of rotatable bonds is 6. The Bertz CT molecular complexity index is 1170. The highest BCUT2D eigenvalue weighted by molar-refractivity contribution is 8.04. The van der Waals surface area contributed by atoms with Crippen molar-refractivity contribution in [3.8, 4) is 0 Å². The van der Waals surface area contributed by atoms with Gasteiger partial charge in [-0.05, 0) is 49.1 Å². The van der Waals surface area contributed by atoms with Crippen molar-refractivity contribution in [2.75, 3.05) is 11.4 Å². The second-order valence-electron chi connectivity index (χ2n) is 7.92. The van der Waals surface area contributed by atoms with Crippen LogP contribution in [0.25, 0.3) is 0 Å². The number of fused-ring (bicyclic) bond motifs is 1. The highest BCUT2D eigenvalue weighted by Crippen LogP contribution is 2.41. The number of hydrogen-bond acceptors (Lipinski definition) is 3. The lowest BCUT2D eigenvalue weighted by atomic mass is 10.1. The number of nitrogens with one attached hydrogen (secondary N) is 1. The molecule has 0 aliphatic carbocycles. The number of para-hydroxylation sites is 1. The van der Waals surface area contributed by atoms with E-state index in [0.29, 0.717) is 18.0 Å². The maximum atomic E-state index is 13.3. The van der Waals surface area contributed by atoms with E-state index in [9.17, 15) is 9.59 Å². The van der Waals surface area contributed by atoms with Crippen molar-refractivity contribution in [1.82, 2.24) is 5.32 Å². The molecule has 0 unspecified atom stereocenters. The molecule has 0 fully saturated rings. The monoisotopic (exact) mass is 442 g/mol. The number of carbonyl (C=O) groups is 2. The molecule has 1 aliphatic rings. The lowest BCUT2D eigenvalue weighted by molar-refractivity contribution is -0.118. The summed E-state index contributed by atoms with van der Waals surface area (Å²) in [7, 11) is 0. The van der Waals surface area contributed by atoms with Gasteiger partial charge in [0.15, 0.2) is 0 Å². The van der Waals surface area contributed by atoms with E-state index < -0.39 is 0 Å². The number of amides is 2. The molecule has 1 aliphatic heterocycles. The molecule has 0 spiro atoms. The summed E-state index contributed by atoms with van der Waals surface area (Å²) in [6.45, 7) is 5.09. The Labute approximate surface area is 193 Å². The van der Waals surface area contributed by atoms with Crippen LogP contribution in [0.15, 0.2) is 88.7 Å². The highest BCUT2D eigenvalue weighted by atomic mass is 32.2. The molecule has 1 heterocycles. The van der Waals surface area contributed by atoms with Crippen LogP contribution in [0.4, 0.5) is 5.69 Å².